The van der Waals surface area contributed by atoms with Crippen LogP contribution in [0.25, 0.3) is 0 Å². The molecule has 0 aromatic carbocycles. The standard InChI is InChI=1S/C7H11F3N2O4/c1-16-6(15)3(2-13)12-5(14)4(11)7(8,9)10/h3-4,13H,2,11H2,1H3,(H,12,14)/t3-,4?/m0/s1. The minimum absolute atomic E-state index is 0.886. The molecule has 0 fully saturated rings. The van der Waals surface area contributed by atoms with E-state index in [4.69, 9.17) is 5.11 Å². The number of aliphatic hydroxyl groups excluding tert-OH is 1. The Morgan fingerprint density at radius 1 is 1.50 bits per heavy atom. The number of nitrogens with one attached hydrogen (secondary N) is 1. The lowest BCUT2D eigenvalue weighted by molar-refractivity contribution is -0.165. The fourth-order valence-electron chi connectivity index (χ4n) is 0.732. The molecular formula is C7H11F3N2O4. The Bertz CT molecular complexity index is 269. The highest BCUT2D eigenvalue weighted by Crippen LogP contribution is 2.18. The van der Waals surface area contributed by atoms with Crippen LogP contribution >= 0.6 is 0 Å². The zero-order chi connectivity index (χ0) is 12.9. The number of amides is 1. The van der Waals surface area contributed by atoms with E-state index in [-0.39, 0.29) is 0 Å². The van der Waals surface area contributed by atoms with E-state index in [1.54, 1.807) is 5.32 Å². The van der Waals surface area contributed by atoms with Crippen molar-refractivity contribution in [2.24, 2.45) is 5.73 Å². The van der Waals surface area contributed by atoms with Crippen LogP contribution in [-0.4, -0.2) is 49.0 Å². The predicted octanol–water partition coefficient (Wildman–Crippen LogP) is -1.47. The Hall–Kier alpha value is -1.35. The zero-order valence-electron chi connectivity index (χ0n) is 8.25. The molecule has 0 aromatic rings. The molecule has 0 aliphatic rings. The summed E-state index contributed by atoms with van der Waals surface area (Å²) < 4.78 is 40.1. The van der Waals surface area contributed by atoms with Crippen molar-refractivity contribution in [1.29, 1.82) is 0 Å². The molecular weight excluding hydrogens is 233 g/mol. The molecule has 9 heteroatoms. The smallest absolute Gasteiger partial charge is 0.412 e. The van der Waals surface area contributed by atoms with E-state index in [1.165, 1.54) is 0 Å². The number of aliphatic hydroxyl groups is 1. The number of carbonyl (C=O) groups is 2. The number of esters is 1. The largest absolute Gasteiger partial charge is 0.467 e. The van der Waals surface area contributed by atoms with Gasteiger partial charge in [-0.3, -0.25) is 4.79 Å². The van der Waals surface area contributed by atoms with Gasteiger partial charge in [-0.05, 0) is 0 Å². The Morgan fingerprint density at radius 3 is 2.31 bits per heavy atom. The van der Waals surface area contributed by atoms with Crippen LogP contribution in [0.4, 0.5) is 13.2 Å². The van der Waals surface area contributed by atoms with Crippen LogP contribution in [-0.2, 0) is 14.3 Å². The number of nitrogens with two attached hydrogens (primary N) is 1. The van der Waals surface area contributed by atoms with Gasteiger partial charge in [-0.1, -0.05) is 0 Å². The minimum Gasteiger partial charge on any atom is -0.467 e. The molecule has 1 unspecified atom stereocenters. The molecule has 0 radical (unpaired) electrons. The lowest BCUT2D eigenvalue weighted by Gasteiger charge is -2.18. The summed E-state index contributed by atoms with van der Waals surface area (Å²) in [5.74, 6) is -2.68. The van der Waals surface area contributed by atoms with E-state index in [0.717, 1.165) is 7.11 Å². The maximum absolute atomic E-state index is 12.0. The molecule has 16 heavy (non-hydrogen) atoms. The number of alkyl halides is 3. The van der Waals surface area contributed by atoms with E-state index in [0.29, 0.717) is 0 Å². The number of halogens is 3. The van der Waals surface area contributed by atoms with E-state index in [2.05, 4.69) is 10.5 Å². The van der Waals surface area contributed by atoms with Gasteiger partial charge < -0.3 is 20.9 Å². The summed E-state index contributed by atoms with van der Waals surface area (Å²) in [6.45, 7) is -0.886. The first kappa shape index (κ1) is 14.6. The van der Waals surface area contributed by atoms with Crippen LogP contribution in [0.2, 0.25) is 0 Å². The Labute approximate surface area is 88.5 Å². The van der Waals surface area contributed by atoms with Gasteiger partial charge in [0, 0.05) is 0 Å². The highest BCUT2D eigenvalue weighted by molar-refractivity contribution is 5.87. The fraction of sp³-hybridized carbons (Fsp3) is 0.714. The summed E-state index contributed by atoms with van der Waals surface area (Å²) >= 11 is 0. The monoisotopic (exact) mass is 244 g/mol. The molecule has 0 saturated heterocycles. The normalized spacial score (nSPS) is 15.1. The van der Waals surface area contributed by atoms with Gasteiger partial charge in [-0.25, -0.2) is 4.79 Å². The van der Waals surface area contributed by atoms with E-state index < -0.39 is 36.7 Å². The second kappa shape index (κ2) is 5.66. The SMILES string of the molecule is COC(=O)[C@H](CO)NC(=O)C(N)C(F)(F)F. The van der Waals surface area contributed by atoms with Crippen molar-refractivity contribution < 1.29 is 32.6 Å². The lowest BCUT2D eigenvalue weighted by Crippen LogP contribution is -2.55. The summed E-state index contributed by atoms with van der Waals surface area (Å²) in [6.07, 6.45) is -4.92. The average molecular weight is 244 g/mol. The second-order valence-corrected chi connectivity index (χ2v) is 2.79. The summed E-state index contributed by atoms with van der Waals surface area (Å²) in [7, 11) is 0.959. The molecule has 0 spiro atoms. The fourth-order valence-corrected chi connectivity index (χ4v) is 0.732. The summed E-state index contributed by atoms with van der Waals surface area (Å²) in [5.41, 5.74) is 4.57. The van der Waals surface area contributed by atoms with Crippen molar-refractivity contribution in [2.75, 3.05) is 13.7 Å². The number of rotatable bonds is 4. The van der Waals surface area contributed by atoms with Crippen molar-refractivity contribution in [3.63, 3.8) is 0 Å². The second-order valence-electron chi connectivity index (χ2n) is 2.79. The molecule has 6 nitrogen and oxygen atoms in total. The van der Waals surface area contributed by atoms with Crippen molar-refractivity contribution in [1.82, 2.24) is 5.32 Å². The molecule has 0 rings (SSSR count). The highest BCUT2D eigenvalue weighted by atomic mass is 19.4. The van der Waals surface area contributed by atoms with Crippen molar-refractivity contribution in [2.45, 2.75) is 18.3 Å². The van der Waals surface area contributed by atoms with E-state index in [1.807, 2.05) is 0 Å². The molecule has 0 heterocycles. The topological polar surface area (TPSA) is 102 Å². The van der Waals surface area contributed by atoms with Gasteiger partial charge in [-0.15, -0.1) is 0 Å². The number of carbonyl (C=O) groups excluding carboxylic acids is 2. The van der Waals surface area contributed by atoms with Crippen molar-refractivity contribution in [3.8, 4) is 0 Å². The zero-order valence-corrected chi connectivity index (χ0v) is 8.25. The van der Waals surface area contributed by atoms with Gasteiger partial charge >= 0.3 is 12.1 Å². The third-order valence-corrected chi connectivity index (χ3v) is 1.62. The number of hydrogen-bond donors (Lipinski definition) is 3. The predicted molar refractivity (Wildman–Crippen MR) is 45.1 cm³/mol. The van der Waals surface area contributed by atoms with Crippen molar-refractivity contribution in [3.05, 3.63) is 0 Å². The molecule has 0 aromatic heterocycles. The van der Waals surface area contributed by atoms with Gasteiger partial charge in [0.25, 0.3) is 0 Å². The van der Waals surface area contributed by atoms with Gasteiger partial charge in [0.15, 0.2) is 12.1 Å². The lowest BCUT2D eigenvalue weighted by atomic mass is 10.2. The van der Waals surface area contributed by atoms with Crippen LogP contribution in [0.5, 0.6) is 0 Å². The van der Waals surface area contributed by atoms with Gasteiger partial charge in [0.1, 0.15) is 0 Å². The van der Waals surface area contributed by atoms with Crippen LogP contribution in [0.15, 0.2) is 0 Å². The minimum atomic E-state index is -4.92. The quantitative estimate of drug-likeness (QED) is 0.524. The van der Waals surface area contributed by atoms with Crippen LogP contribution < -0.4 is 11.1 Å². The maximum atomic E-state index is 12.0. The molecule has 0 aliphatic carbocycles. The van der Waals surface area contributed by atoms with Crippen LogP contribution in [0, 0.1) is 0 Å². The summed E-state index contributed by atoms with van der Waals surface area (Å²) in [4.78, 5) is 21.7. The Balaban J connectivity index is 4.48. The van der Waals surface area contributed by atoms with Crippen molar-refractivity contribution >= 4 is 11.9 Å². The molecule has 2 atom stereocenters. The van der Waals surface area contributed by atoms with Crippen LogP contribution in [0.3, 0.4) is 0 Å². The molecule has 4 N–H and O–H groups in total. The molecule has 0 bridgehead atoms. The third-order valence-electron chi connectivity index (χ3n) is 1.62. The number of methoxy groups -OCH3 is 1. The number of ether oxygens (including phenoxy) is 1. The maximum Gasteiger partial charge on any atom is 0.412 e. The highest BCUT2D eigenvalue weighted by Gasteiger charge is 2.43. The van der Waals surface area contributed by atoms with E-state index >= 15 is 0 Å². The molecule has 94 valence electrons. The van der Waals surface area contributed by atoms with Gasteiger partial charge in [0.05, 0.1) is 13.7 Å². The van der Waals surface area contributed by atoms with E-state index in [9.17, 15) is 22.8 Å². The first-order valence-electron chi connectivity index (χ1n) is 4.05. The Kier molecular flexibility index (Phi) is 5.18. The Morgan fingerprint density at radius 2 is 2.00 bits per heavy atom. The van der Waals surface area contributed by atoms with Crippen LogP contribution in [0.1, 0.15) is 0 Å². The summed E-state index contributed by atoms with van der Waals surface area (Å²) in [5, 5.41) is 10.2. The summed E-state index contributed by atoms with van der Waals surface area (Å²) in [6, 6.07) is -4.32. The average Bonchev–Trinajstić information content (AvgIpc) is 2.21. The van der Waals surface area contributed by atoms with Gasteiger partial charge in [0.2, 0.25) is 5.91 Å². The molecule has 1 amide bonds. The molecule has 0 aliphatic heterocycles. The molecule has 0 saturated carbocycles. The third kappa shape index (κ3) is 4.03. The first-order chi connectivity index (χ1) is 7.23. The number of hydrogen-bond acceptors (Lipinski definition) is 5. The van der Waals surface area contributed by atoms with Gasteiger partial charge in [-0.2, -0.15) is 13.2 Å². The first-order valence-corrected chi connectivity index (χ1v) is 4.05.